The molecular weight excluding hydrogens is 276 g/mol. The predicted octanol–water partition coefficient (Wildman–Crippen LogP) is 2.74. The minimum Gasteiger partial charge on any atom is -0.371 e. The summed E-state index contributed by atoms with van der Waals surface area (Å²) in [4.78, 5) is 0. The SMILES string of the molecule is c1ccc(C2(OCC3CO3)CCC3C4CC(C5OC45)C32)cc1. The van der Waals surface area contributed by atoms with Gasteiger partial charge in [-0.3, -0.25) is 0 Å². The highest BCUT2D eigenvalue weighted by Gasteiger charge is 2.73. The molecule has 0 amide bonds. The van der Waals surface area contributed by atoms with Gasteiger partial charge in [0, 0.05) is 5.92 Å². The number of hydrogen-bond donors (Lipinski definition) is 0. The molecule has 3 nitrogen and oxygen atoms in total. The Morgan fingerprint density at radius 1 is 1.09 bits per heavy atom. The van der Waals surface area contributed by atoms with Gasteiger partial charge in [-0.25, -0.2) is 0 Å². The van der Waals surface area contributed by atoms with Gasteiger partial charge >= 0.3 is 0 Å². The second-order valence-corrected chi connectivity index (χ2v) is 7.88. The van der Waals surface area contributed by atoms with Crippen LogP contribution in [-0.4, -0.2) is 31.5 Å². The molecule has 6 rings (SSSR count). The van der Waals surface area contributed by atoms with Gasteiger partial charge in [-0.2, -0.15) is 0 Å². The van der Waals surface area contributed by atoms with E-state index in [0.717, 1.165) is 31.0 Å². The van der Waals surface area contributed by atoms with Crippen molar-refractivity contribution >= 4 is 0 Å². The Morgan fingerprint density at radius 2 is 1.91 bits per heavy atom. The molecule has 2 heterocycles. The molecule has 8 unspecified atom stereocenters. The quantitative estimate of drug-likeness (QED) is 0.802. The lowest BCUT2D eigenvalue weighted by atomic mass is 9.73. The molecule has 1 aromatic carbocycles. The number of epoxide rings is 2. The summed E-state index contributed by atoms with van der Waals surface area (Å²) in [5, 5.41) is 0. The predicted molar refractivity (Wildman–Crippen MR) is 80.3 cm³/mol. The van der Waals surface area contributed by atoms with E-state index in [1.165, 1.54) is 24.8 Å². The molecule has 2 saturated heterocycles. The maximum absolute atomic E-state index is 6.65. The molecule has 3 saturated carbocycles. The fraction of sp³-hybridized carbons (Fsp3) is 0.684. The van der Waals surface area contributed by atoms with Crippen LogP contribution in [0.3, 0.4) is 0 Å². The van der Waals surface area contributed by atoms with Crippen LogP contribution >= 0.6 is 0 Å². The number of ether oxygens (including phenoxy) is 3. The summed E-state index contributed by atoms with van der Waals surface area (Å²) in [6.45, 7) is 1.63. The van der Waals surface area contributed by atoms with Crippen molar-refractivity contribution in [1.29, 1.82) is 0 Å². The summed E-state index contributed by atoms with van der Waals surface area (Å²) < 4.78 is 18.0. The average molecular weight is 298 g/mol. The maximum atomic E-state index is 6.65. The smallest absolute Gasteiger partial charge is 0.104 e. The third kappa shape index (κ3) is 1.52. The molecule has 8 atom stereocenters. The third-order valence-corrected chi connectivity index (χ3v) is 7.00. The minimum atomic E-state index is -0.0891. The van der Waals surface area contributed by atoms with Gasteiger partial charge in [-0.15, -0.1) is 0 Å². The molecule has 22 heavy (non-hydrogen) atoms. The van der Waals surface area contributed by atoms with Crippen LogP contribution in [0.4, 0.5) is 0 Å². The third-order valence-electron chi connectivity index (χ3n) is 7.00. The highest BCUT2D eigenvalue weighted by Crippen LogP contribution is 2.70. The standard InChI is InChI=1S/C19H22O3/c1-2-4-11(5-3-1)19(21-10-12-9-20-12)7-6-13-14-8-15(16(13)19)18-17(14)22-18/h1-5,12-18H,6-10H2. The van der Waals surface area contributed by atoms with Crippen molar-refractivity contribution < 1.29 is 14.2 Å². The fourth-order valence-electron chi connectivity index (χ4n) is 6.11. The van der Waals surface area contributed by atoms with Crippen LogP contribution in [0.25, 0.3) is 0 Å². The second-order valence-electron chi connectivity index (χ2n) is 7.88. The van der Waals surface area contributed by atoms with Crippen molar-refractivity contribution in [3.05, 3.63) is 35.9 Å². The summed E-state index contributed by atoms with van der Waals surface area (Å²) in [6, 6.07) is 11.0. The van der Waals surface area contributed by atoms with Crippen LogP contribution in [0, 0.1) is 23.7 Å². The fourth-order valence-corrected chi connectivity index (χ4v) is 6.11. The molecular formula is C19H22O3. The van der Waals surface area contributed by atoms with Gasteiger partial charge < -0.3 is 14.2 Å². The zero-order valence-corrected chi connectivity index (χ0v) is 12.7. The molecule has 0 radical (unpaired) electrons. The van der Waals surface area contributed by atoms with E-state index in [1.807, 2.05) is 0 Å². The molecule has 116 valence electrons. The Morgan fingerprint density at radius 3 is 2.73 bits per heavy atom. The Hall–Kier alpha value is -0.900. The molecule has 5 fully saturated rings. The number of benzene rings is 1. The van der Waals surface area contributed by atoms with E-state index in [2.05, 4.69) is 30.3 Å². The zero-order valence-electron chi connectivity index (χ0n) is 12.7. The summed E-state index contributed by atoms with van der Waals surface area (Å²) in [7, 11) is 0. The Balaban J connectivity index is 1.41. The normalized spacial score (nSPS) is 53.4. The monoisotopic (exact) mass is 298 g/mol. The van der Waals surface area contributed by atoms with Gasteiger partial charge in [0.2, 0.25) is 0 Å². The van der Waals surface area contributed by atoms with Crippen molar-refractivity contribution in [1.82, 2.24) is 0 Å². The van der Waals surface area contributed by atoms with E-state index in [1.54, 1.807) is 0 Å². The summed E-state index contributed by atoms with van der Waals surface area (Å²) in [5.74, 6) is 3.01. The molecule has 0 N–H and O–H groups in total. The Bertz CT molecular complexity index is 596. The average Bonchev–Trinajstić information content (AvgIpc) is 3.45. The first kappa shape index (κ1) is 12.5. The van der Waals surface area contributed by atoms with E-state index in [4.69, 9.17) is 14.2 Å². The first-order valence-electron chi connectivity index (χ1n) is 8.83. The van der Waals surface area contributed by atoms with Gasteiger partial charge in [0.15, 0.2) is 0 Å². The van der Waals surface area contributed by atoms with Gasteiger partial charge in [-0.1, -0.05) is 30.3 Å². The maximum Gasteiger partial charge on any atom is 0.104 e. The van der Waals surface area contributed by atoms with Crippen molar-refractivity contribution in [2.75, 3.05) is 13.2 Å². The molecule has 2 aliphatic heterocycles. The lowest BCUT2D eigenvalue weighted by Crippen LogP contribution is -2.41. The van der Waals surface area contributed by atoms with E-state index in [-0.39, 0.29) is 5.60 Å². The van der Waals surface area contributed by atoms with Crippen LogP contribution < -0.4 is 0 Å². The largest absolute Gasteiger partial charge is 0.371 e. The molecule has 0 spiro atoms. The summed E-state index contributed by atoms with van der Waals surface area (Å²) in [5.41, 5.74) is 1.29. The van der Waals surface area contributed by atoms with E-state index in [9.17, 15) is 0 Å². The molecule has 0 aromatic heterocycles. The highest BCUT2D eigenvalue weighted by molar-refractivity contribution is 5.30. The van der Waals surface area contributed by atoms with Crippen molar-refractivity contribution in [3.8, 4) is 0 Å². The first-order chi connectivity index (χ1) is 10.9. The Kier molecular flexibility index (Phi) is 2.35. The van der Waals surface area contributed by atoms with E-state index in [0.29, 0.717) is 24.2 Å². The molecule has 3 aliphatic carbocycles. The van der Waals surface area contributed by atoms with Gasteiger partial charge in [0.1, 0.15) is 6.10 Å². The van der Waals surface area contributed by atoms with Crippen LogP contribution in [-0.2, 0) is 19.8 Å². The van der Waals surface area contributed by atoms with Gasteiger partial charge in [0.05, 0.1) is 31.0 Å². The zero-order chi connectivity index (χ0) is 14.3. The van der Waals surface area contributed by atoms with Crippen molar-refractivity contribution in [3.63, 3.8) is 0 Å². The topological polar surface area (TPSA) is 34.3 Å². The second kappa shape index (κ2) is 4.14. The number of hydrogen-bond acceptors (Lipinski definition) is 3. The Labute approximate surface area is 130 Å². The number of rotatable bonds is 4. The van der Waals surface area contributed by atoms with Crippen LogP contribution in [0.5, 0.6) is 0 Å². The van der Waals surface area contributed by atoms with Crippen LogP contribution in [0.1, 0.15) is 24.8 Å². The van der Waals surface area contributed by atoms with Gasteiger partial charge in [0.25, 0.3) is 0 Å². The number of fused-ring (bicyclic) bond motifs is 8. The van der Waals surface area contributed by atoms with Gasteiger partial charge in [-0.05, 0) is 42.6 Å². The highest BCUT2D eigenvalue weighted by atomic mass is 16.6. The minimum absolute atomic E-state index is 0.0891. The molecule has 3 heteroatoms. The molecule has 1 aromatic rings. The summed E-state index contributed by atoms with van der Waals surface area (Å²) >= 11 is 0. The first-order valence-corrected chi connectivity index (χ1v) is 8.83. The lowest BCUT2D eigenvalue weighted by molar-refractivity contribution is -0.101. The molecule has 2 bridgehead atoms. The van der Waals surface area contributed by atoms with Crippen LogP contribution in [0.2, 0.25) is 0 Å². The van der Waals surface area contributed by atoms with Crippen molar-refractivity contribution in [2.24, 2.45) is 23.7 Å². The molecule has 5 aliphatic rings. The van der Waals surface area contributed by atoms with E-state index >= 15 is 0 Å². The van der Waals surface area contributed by atoms with Crippen molar-refractivity contribution in [2.45, 2.75) is 43.2 Å². The summed E-state index contributed by atoms with van der Waals surface area (Å²) in [6.07, 6.45) is 5.34. The van der Waals surface area contributed by atoms with E-state index < -0.39 is 0 Å². The lowest BCUT2D eigenvalue weighted by Gasteiger charge is -2.39. The van der Waals surface area contributed by atoms with Crippen LogP contribution in [0.15, 0.2) is 30.3 Å².